The smallest absolute Gasteiger partial charge is 0.480 e. The molecule has 0 amide bonds. The molecule has 0 saturated carbocycles. The van der Waals surface area contributed by atoms with Crippen molar-refractivity contribution in [1.29, 1.82) is 0 Å². The Labute approximate surface area is 109 Å². The van der Waals surface area contributed by atoms with Crippen LogP contribution in [-0.2, 0) is 15.8 Å². The van der Waals surface area contributed by atoms with Crippen LogP contribution in [0.1, 0.15) is 11.1 Å². The zero-order valence-electron chi connectivity index (χ0n) is 9.89. The Hall–Kier alpha value is -1.66. The summed E-state index contributed by atoms with van der Waals surface area (Å²) in [7, 11) is -4.65. The Morgan fingerprint density at radius 3 is 2.63 bits per heavy atom. The number of carboxylic acids is 1. The Bertz CT molecular complexity index is 538. The molecule has 19 heavy (non-hydrogen) atoms. The third kappa shape index (κ3) is 4.84. The highest BCUT2D eigenvalue weighted by atomic mass is 31.2. The molecule has 0 aliphatic carbocycles. The van der Waals surface area contributed by atoms with E-state index in [2.05, 4.69) is 11.1 Å². The third-order valence-electron chi connectivity index (χ3n) is 2.28. The molecule has 0 aliphatic heterocycles. The van der Waals surface area contributed by atoms with Crippen molar-refractivity contribution >= 4 is 19.9 Å². The molecule has 0 saturated heterocycles. The first-order chi connectivity index (χ1) is 8.73. The molecule has 1 aromatic rings. The van der Waals surface area contributed by atoms with Crippen LogP contribution in [0.3, 0.4) is 0 Å². The van der Waals surface area contributed by atoms with Gasteiger partial charge < -0.3 is 15.4 Å². The summed E-state index contributed by atoms with van der Waals surface area (Å²) < 4.78 is 15.2. The Kier molecular flexibility index (Phi) is 4.85. The molecule has 0 fully saturated rings. The lowest BCUT2D eigenvalue weighted by molar-refractivity contribution is -0.138. The summed E-state index contributed by atoms with van der Waals surface area (Å²) in [4.78, 5) is 28.1. The Balaban J connectivity index is 2.99. The van der Waals surface area contributed by atoms with Crippen molar-refractivity contribution in [3.8, 4) is 5.75 Å². The van der Waals surface area contributed by atoms with E-state index in [1.165, 1.54) is 24.3 Å². The van der Waals surface area contributed by atoms with Crippen LogP contribution in [0.4, 0.5) is 0 Å². The standard InChI is InChI=1S/C11H14NO6P/c1-2-8-5-7(6-9(12)11(13)14)3-4-10(8)18-19(15,16)17/h2-5,9H,1,6,12H2,(H,13,14)(H2,15,16,17). The maximum absolute atomic E-state index is 10.8. The average molecular weight is 287 g/mol. The van der Waals surface area contributed by atoms with Gasteiger partial charge in [-0.15, -0.1) is 0 Å². The topological polar surface area (TPSA) is 130 Å². The highest BCUT2D eigenvalue weighted by molar-refractivity contribution is 7.46. The zero-order chi connectivity index (χ0) is 14.6. The molecule has 0 aliphatic rings. The fourth-order valence-corrected chi connectivity index (χ4v) is 1.86. The fraction of sp³-hybridized carbons (Fsp3) is 0.182. The quantitative estimate of drug-likeness (QED) is 0.568. The number of phosphoric ester groups is 1. The van der Waals surface area contributed by atoms with Crippen molar-refractivity contribution in [2.75, 3.05) is 0 Å². The second kappa shape index (κ2) is 5.99. The van der Waals surface area contributed by atoms with Crippen molar-refractivity contribution in [3.05, 3.63) is 35.9 Å². The van der Waals surface area contributed by atoms with Gasteiger partial charge in [0, 0.05) is 5.56 Å². The number of rotatable bonds is 6. The van der Waals surface area contributed by atoms with Crippen LogP contribution in [0, 0.1) is 0 Å². The second-order valence-electron chi connectivity index (χ2n) is 3.81. The number of hydrogen-bond donors (Lipinski definition) is 4. The lowest BCUT2D eigenvalue weighted by Crippen LogP contribution is -2.32. The van der Waals surface area contributed by atoms with E-state index in [1.54, 1.807) is 0 Å². The first-order valence-corrected chi connectivity index (χ1v) is 6.75. The third-order valence-corrected chi connectivity index (χ3v) is 2.72. The SMILES string of the molecule is C=Cc1cc(CC(N)C(=O)O)ccc1OP(=O)(O)O. The first kappa shape index (κ1) is 15.4. The van der Waals surface area contributed by atoms with E-state index in [9.17, 15) is 9.36 Å². The second-order valence-corrected chi connectivity index (χ2v) is 4.97. The van der Waals surface area contributed by atoms with Gasteiger partial charge in [-0.1, -0.05) is 18.7 Å². The summed E-state index contributed by atoms with van der Waals surface area (Å²) in [5, 5.41) is 8.70. The first-order valence-electron chi connectivity index (χ1n) is 5.22. The van der Waals surface area contributed by atoms with Crippen molar-refractivity contribution in [3.63, 3.8) is 0 Å². The molecular weight excluding hydrogens is 273 g/mol. The van der Waals surface area contributed by atoms with Crippen LogP contribution in [-0.4, -0.2) is 26.9 Å². The van der Waals surface area contributed by atoms with Crippen LogP contribution in [0.5, 0.6) is 5.75 Å². The van der Waals surface area contributed by atoms with E-state index < -0.39 is 19.8 Å². The van der Waals surface area contributed by atoms with Crippen molar-refractivity contribution in [2.24, 2.45) is 5.73 Å². The predicted molar refractivity (Wildman–Crippen MR) is 68.5 cm³/mol. The largest absolute Gasteiger partial charge is 0.524 e. The summed E-state index contributed by atoms with van der Waals surface area (Å²) in [6.07, 6.45) is 1.44. The van der Waals surface area contributed by atoms with Crippen molar-refractivity contribution in [1.82, 2.24) is 0 Å². The van der Waals surface area contributed by atoms with E-state index in [-0.39, 0.29) is 12.2 Å². The maximum Gasteiger partial charge on any atom is 0.524 e. The van der Waals surface area contributed by atoms with E-state index in [4.69, 9.17) is 20.6 Å². The van der Waals surface area contributed by atoms with Gasteiger partial charge >= 0.3 is 13.8 Å². The van der Waals surface area contributed by atoms with Gasteiger partial charge in [-0.3, -0.25) is 14.6 Å². The van der Waals surface area contributed by atoms with Crippen LogP contribution in [0.2, 0.25) is 0 Å². The highest BCUT2D eigenvalue weighted by Crippen LogP contribution is 2.39. The maximum atomic E-state index is 10.8. The summed E-state index contributed by atoms with van der Waals surface area (Å²) >= 11 is 0. The number of nitrogens with two attached hydrogens (primary N) is 1. The van der Waals surface area contributed by atoms with Gasteiger partial charge in [0.05, 0.1) is 0 Å². The lowest BCUT2D eigenvalue weighted by atomic mass is 10.0. The highest BCUT2D eigenvalue weighted by Gasteiger charge is 2.18. The fourth-order valence-electron chi connectivity index (χ4n) is 1.44. The molecule has 7 nitrogen and oxygen atoms in total. The van der Waals surface area contributed by atoms with Crippen molar-refractivity contribution in [2.45, 2.75) is 12.5 Å². The van der Waals surface area contributed by atoms with Gasteiger partial charge in [0.2, 0.25) is 0 Å². The number of aliphatic carboxylic acids is 1. The molecule has 8 heteroatoms. The van der Waals surface area contributed by atoms with Gasteiger partial charge in [-0.05, 0) is 24.1 Å². The summed E-state index contributed by atoms with van der Waals surface area (Å²) in [5.41, 5.74) is 6.34. The lowest BCUT2D eigenvalue weighted by Gasteiger charge is -2.12. The summed E-state index contributed by atoms with van der Waals surface area (Å²) in [6, 6.07) is 3.29. The molecule has 0 aromatic heterocycles. The van der Waals surface area contributed by atoms with Gasteiger partial charge in [0.1, 0.15) is 11.8 Å². The number of hydrogen-bond acceptors (Lipinski definition) is 4. The molecule has 0 bridgehead atoms. The van der Waals surface area contributed by atoms with E-state index in [0.717, 1.165) is 0 Å². The molecule has 0 spiro atoms. The number of benzene rings is 1. The van der Waals surface area contributed by atoms with Gasteiger partial charge in [0.25, 0.3) is 0 Å². The molecule has 1 aromatic carbocycles. The normalized spacial score (nSPS) is 12.8. The molecule has 5 N–H and O–H groups in total. The molecule has 1 rings (SSSR count). The van der Waals surface area contributed by atoms with E-state index >= 15 is 0 Å². The van der Waals surface area contributed by atoms with Crippen LogP contribution in [0.25, 0.3) is 6.08 Å². The predicted octanol–water partition coefficient (Wildman–Crippen LogP) is 0.755. The van der Waals surface area contributed by atoms with E-state index in [1.807, 2.05) is 0 Å². The van der Waals surface area contributed by atoms with Crippen molar-refractivity contribution < 1.29 is 28.8 Å². The molecule has 1 atom stereocenters. The zero-order valence-corrected chi connectivity index (χ0v) is 10.8. The minimum absolute atomic E-state index is 0.0315. The number of phosphoric acid groups is 1. The minimum atomic E-state index is -4.65. The molecule has 1 unspecified atom stereocenters. The number of carbonyl (C=O) groups is 1. The molecule has 0 radical (unpaired) electrons. The average Bonchev–Trinajstić information content (AvgIpc) is 2.29. The molecular formula is C11H14NO6P. The van der Waals surface area contributed by atoms with Crippen LogP contribution >= 0.6 is 7.82 Å². The summed E-state index contributed by atoms with van der Waals surface area (Å²) in [5.74, 6) is -1.16. The van der Waals surface area contributed by atoms with Gasteiger partial charge in [0.15, 0.2) is 0 Å². The monoisotopic (exact) mass is 287 g/mol. The number of carboxylic acid groups (broad SMARTS) is 1. The van der Waals surface area contributed by atoms with Gasteiger partial charge in [-0.2, -0.15) is 0 Å². The van der Waals surface area contributed by atoms with Gasteiger partial charge in [-0.25, -0.2) is 4.57 Å². The molecule has 104 valence electrons. The van der Waals surface area contributed by atoms with Crippen LogP contribution < -0.4 is 10.3 Å². The Morgan fingerprint density at radius 2 is 2.16 bits per heavy atom. The van der Waals surface area contributed by atoms with Crippen LogP contribution in [0.15, 0.2) is 24.8 Å². The Morgan fingerprint density at radius 1 is 1.53 bits per heavy atom. The minimum Gasteiger partial charge on any atom is -0.480 e. The summed E-state index contributed by atoms with van der Waals surface area (Å²) in [6.45, 7) is 3.50. The molecule has 0 heterocycles. The van der Waals surface area contributed by atoms with E-state index in [0.29, 0.717) is 11.1 Å².